The molecule has 2 aromatic rings. The molecule has 0 radical (unpaired) electrons. The van der Waals surface area contributed by atoms with E-state index in [-0.39, 0.29) is 0 Å². The van der Waals surface area contributed by atoms with Gasteiger partial charge in [0, 0.05) is 5.56 Å². The summed E-state index contributed by atoms with van der Waals surface area (Å²) >= 11 is 0. The van der Waals surface area contributed by atoms with Crippen molar-refractivity contribution in [2.75, 3.05) is 0 Å². The van der Waals surface area contributed by atoms with E-state index in [1.54, 1.807) is 26.3 Å². The van der Waals surface area contributed by atoms with E-state index in [0.29, 0.717) is 5.89 Å². The molecule has 3 heteroatoms. The normalized spacial score (nSPS) is 11.7. The Balaban J connectivity index is 2.33. The van der Waals surface area contributed by atoms with E-state index in [1.807, 2.05) is 24.3 Å². The number of aromatic nitrogens is 1. The van der Waals surface area contributed by atoms with Crippen LogP contribution in [0.25, 0.3) is 11.5 Å². The molecule has 0 aliphatic heterocycles. The molecular formula is C12H13NO2. The lowest BCUT2D eigenvalue weighted by molar-refractivity contribution is 0.0786. The summed E-state index contributed by atoms with van der Waals surface area (Å²) in [6.45, 7) is 3.51. The summed E-state index contributed by atoms with van der Waals surface area (Å²) in [4.78, 5) is 4.05. The van der Waals surface area contributed by atoms with Crippen molar-refractivity contribution >= 4 is 0 Å². The first kappa shape index (κ1) is 9.93. The molecule has 0 aliphatic rings. The van der Waals surface area contributed by atoms with Crippen molar-refractivity contribution in [1.29, 1.82) is 0 Å². The third kappa shape index (κ3) is 2.07. The van der Waals surface area contributed by atoms with Gasteiger partial charge >= 0.3 is 0 Å². The number of nitrogens with zero attached hydrogens (tertiary/aromatic N) is 1. The van der Waals surface area contributed by atoms with Crippen LogP contribution in [0.4, 0.5) is 0 Å². The predicted octanol–water partition coefficient (Wildman–Crippen LogP) is 2.57. The van der Waals surface area contributed by atoms with Crippen molar-refractivity contribution in [2.24, 2.45) is 0 Å². The summed E-state index contributed by atoms with van der Waals surface area (Å²) in [6, 6.07) is 7.53. The van der Waals surface area contributed by atoms with Gasteiger partial charge in [-0.3, -0.25) is 0 Å². The highest BCUT2D eigenvalue weighted by Crippen LogP contribution is 2.23. The second-order valence-corrected chi connectivity index (χ2v) is 3.97. The Morgan fingerprint density at radius 1 is 1.20 bits per heavy atom. The Kier molecular flexibility index (Phi) is 2.32. The van der Waals surface area contributed by atoms with Crippen LogP contribution in [0, 0.1) is 0 Å². The van der Waals surface area contributed by atoms with Crippen molar-refractivity contribution in [2.45, 2.75) is 19.4 Å². The zero-order valence-electron chi connectivity index (χ0n) is 8.77. The number of rotatable bonds is 2. The molecule has 78 valence electrons. The van der Waals surface area contributed by atoms with Crippen LogP contribution in [0.1, 0.15) is 19.4 Å². The van der Waals surface area contributed by atoms with Gasteiger partial charge in [-0.25, -0.2) is 4.98 Å². The molecule has 0 fully saturated rings. The second-order valence-electron chi connectivity index (χ2n) is 3.97. The molecule has 0 saturated carbocycles. The van der Waals surface area contributed by atoms with E-state index in [9.17, 15) is 5.11 Å². The molecule has 1 aromatic heterocycles. The third-order valence-corrected chi connectivity index (χ3v) is 2.27. The van der Waals surface area contributed by atoms with Crippen molar-refractivity contribution in [3.63, 3.8) is 0 Å². The minimum absolute atomic E-state index is 0.595. The van der Waals surface area contributed by atoms with Crippen LogP contribution in [0.2, 0.25) is 0 Å². The summed E-state index contributed by atoms with van der Waals surface area (Å²) < 4.78 is 5.17. The fourth-order valence-corrected chi connectivity index (χ4v) is 1.39. The van der Waals surface area contributed by atoms with Crippen LogP contribution in [0.15, 0.2) is 41.1 Å². The first-order valence-corrected chi connectivity index (χ1v) is 4.80. The molecule has 1 heterocycles. The van der Waals surface area contributed by atoms with Gasteiger partial charge in [-0.1, -0.05) is 12.1 Å². The molecule has 0 spiro atoms. The van der Waals surface area contributed by atoms with Crippen molar-refractivity contribution < 1.29 is 9.52 Å². The number of oxazole rings is 1. The molecule has 15 heavy (non-hydrogen) atoms. The van der Waals surface area contributed by atoms with E-state index in [1.165, 1.54) is 0 Å². The van der Waals surface area contributed by atoms with Crippen LogP contribution in [-0.2, 0) is 5.60 Å². The molecule has 0 unspecified atom stereocenters. The van der Waals surface area contributed by atoms with Crippen molar-refractivity contribution in [1.82, 2.24) is 4.98 Å². The van der Waals surface area contributed by atoms with E-state index >= 15 is 0 Å². The topological polar surface area (TPSA) is 46.3 Å². The molecule has 3 nitrogen and oxygen atoms in total. The fraction of sp³-hybridized carbons (Fsp3) is 0.250. The minimum atomic E-state index is -0.810. The Bertz CT molecular complexity index is 424. The standard InChI is InChI=1S/C12H13NO2/c1-12(2,14)10-5-3-9(4-6-10)11-13-7-8-15-11/h3-8,14H,1-2H3. The van der Waals surface area contributed by atoms with Crippen molar-refractivity contribution in [3.05, 3.63) is 42.3 Å². The Labute approximate surface area is 88.4 Å². The largest absolute Gasteiger partial charge is 0.445 e. The van der Waals surface area contributed by atoms with Crippen LogP contribution < -0.4 is 0 Å². The Morgan fingerprint density at radius 3 is 2.33 bits per heavy atom. The first-order valence-electron chi connectivity index (χ1n) is 4.80. The summed E-state index contributed by atoms with van der Waals surface area (Å²) in [5.74, 6) is 0.595. The minimum Gasteiger partial charge on any atom is -0.445 e. The van der Waals surface area contributed by atoms with Crippen LogP contribution in [0.3, 0.4) is 0 Å². The number of aliphatic hydroxyl groups is 1. The van der Waals surface area contributed by atoms with Crippen LogP contribution in [0.5, 0.6) is 0 Å². The summed E-state index contributed by atoms with van der Waals surface area (Å²) in [7, 11) is 0. The molecule has 0 saturated heterocycles. The molecule has 0 aliphatic carbocycles. The molecule has 2 rings (SSSR count). The maximum Gasteiger partial charge on any atom is 0.225 e. The SMILES string of the molecule is CC(C)(O)c1ccc(-c2ncco2)cc1. The van der Waals surface area contributed by atoms with E-state index < -0.39 is 5.60 Å². The highest BCUT2D eigenvalue weighted by atomic mass is 16.3. The lowest BCUT2D eigenvalue weighted by Gasteiger charge is -2.17. The van der Waals surface area contributed by atoms with Gasteiger partial charge in [0.05, 0.1) is 11.8 Å². The molecule has 1 N–H and O–H groups in total. The van der Waals surface area contributed by atoms with Gasteiger partial charge in [0.1, 0.15) is 6.26 Å². The van der Waals surface area contributed by atoms with Gasteiger partial charge in [0.25, 0.3) is 0 Å². The summed E-state index contributed by atoms with van der Waals surface area (Å²) in [5, 5.41) is 9.77. The fourth-order valence-electron chi connectivity index (χ4n) is 1.39. The van der Waals surface area contributed by atoms with E-state index in [4.69, 9.17) is 4.42 Å². The maximum absolute atomic E-state index is 9.77. The predicted molar refractivity (Wildman–Crippen MR) is 57.2 cm³/mol. The van der Waals surface area contributed by atoms with E-state index in [0.717, 1.165) is 11.1 Å². The average molecular weight is 203 g/mol. The molecule has 0 atom stereocenters. The van der Waals surface area contributed by atoms with Crippen LogP contribution >= 0.6 is 0 Å². The van der Waals surface area contributed by atoms with Crippen LogP contribution in [-0.4, -0.2) is 10.1 Å². The number of hydrogen-bond donors (Lipinski definition) is 1. The second kappa shape index (κ2) is 3.51. The lowest BCUT2D eigenvalue weighted by atomic mass is 9.97. The highest BCUT2D eigenvalue weighted by Gasteiger charge is 2.15. The average Bonchev–Trinajstić information content (AvgIpc) is 2.69. The smallest absolute Gasteiger partial charge is 0.225 e. The van der Waals surface area contributed by atoms with Gasteiger partial charge in [-0.2, -0.15) is 0 Å². The molecule has 0 bridgehead atoms. The van der Waals surface area contributed by atoms with Gasteiger partial charge in [0.2, 0.25) is 5.89 Å². The molecular weight excluding hydrogens is 190 g/mol. The monoisotopic (exact) mass is 203 g/mol. The molecule has 0 amide bonds. The Morgan fingerprint density at radius 2 is 1.87 bits per heavy atom. The summed E-state index contributed by atoms with van der Waals surface area (Å²) in [6.07, 6.45) is 3.15. The van der Waals surface area contributed by atoms with Gasteiger partial charge in [-0.05, 0) is 31.5 Å². The molecule has 1 aromatic carbocycles. The number of hydrogen-bond acceptors (Lipinski definition) is 3. The lowest BCUT2D eigenvalue weighted by Crippen LogP contribution is -2.14. The Hall–Kier alpha value is -1.61. The zero-order valence-corrected chi connectivity index (χ0v) is 8.77. The first-order chi connectivity index (χ1) is 7.07. The van der Waals surface area contributed by atoms with E-state index in [2.05, 4.69) is 4.98 Å². The van der Waals surface area contributed by atoms with Gasteiger partial charge in [0.15, 0.2) is 0 Å². The van der Waals surface area contributed by atoms with Gasteiger partial charge < -0.3 is 9.52 Å². The quantitative estimate of drug-likeness (QED) is 0.815. The number of benzene rings is 1. The zero-order chi connectivity index (χ0) is 10.9. The summed E-state index contributed by atoms with van der Waals surface area (Å²) in [5.41, 5.74) is 0.973. The van der Waals surface area contributed by atoms with Crippen molar-refractivity contribution in [3.8, 4) is 11.5 Å². The maximum atomic E-state index is 9.77. The third-order valence-electron chi connectivity index (χ3n) is 2.27. The van der Waals surface area contributed by atoms with Gasteiger partial charge in [-0.15, -0.1) is 0 Å². The highest BCUT2D eigenvalue weighted by molar-refractivity contribution is 5.53.